The van der Waals surface area contributed by atoms with Crippen molar-refractivity contribution in [3.8, 4) is 0 Å². The fourth-order valence-electron chi connectivity index (χ4n) is 2.79. The van der Waals surface area contributed by atoms with Crippen LogP contribution in [-0.4, -0.2) is 29.1 Å². The topological polar surface area (TPSA) is 65.1 Å². The first-order valence-corrected chi connectivity index (χ1v) is 8.33. The van der Waals surface area contributed by atoms with Crippen molar-refractivity contribution in [1.29, 1.82) is 0 Å². The molecule has 1 aromatic rings. The smallest absolute Gasteiger partial charge is 0.225 e. The molecule has 112 valence electrons. The maximum atomic E-state index is 12.0. The van der Waals surface area contributed by atoms with Gasteiger partial charge in [-0.2, -0.15) is 0 Å². The van der Waals surface area contributed by atoms with E-state index in [1.54, 1.807) is 0 Å². The van der Waals surface area contributed by atoms with Crippen molar-refractivity contribution in [1.82, 2.24) is 10.3 Å². The van der Waals surface area contributed by atoms with Crippen LogP contribution in [0.4, 0.5) is 0 Å². The monoisotopic (exact) mass is 314 g/mol. The molecule has 2 rings (SSSR count). The highest BCUT2D eigenvalue weighted by Crippen LogP contribution is 2.35. The predicted molar refractivity (Wildman–Crippen MR) is 83.6 cm³/mol. The Morgan fingerprint density at radius 2 is 2.15 bits per heavy atom. The summed E-state index contributed by atoms with van der Waals surface area (Å²) < 4.78 is 0.712. The van der Waals surface area contributed by atoms with Crippen LogP contribution in [0.15, 0.2) is 0 Å². The van der Waals surface area contributed by atoms with Crippen LogP contribution in [0.3, 0.4) is 0 Å². The van der Waals surface area contributed by atoms with Gasteiger partial charge in [-0.15, -0.1) is 11.3 Å². The normalized spacial score (nSPS) is 17.9. The summed E-state index contributed by atoms with van der Waals surface area (Å²) in [6.07, 6.45) is 5.91. The maximum Gasteiger partial charge on any atom is 0.225 e. The van der Waals surface area contributed by atoms with Gasteiger partial charge in [-0.25, -0.2) is 0 Å². The maximum absolute atomic E-state index is 12.0. The number of carbonyl (C=O) groups excluding carboxylic acids is 1. The van der Waals surface area contributed by atoms with E-state index in [4.69, 9.17) is 12.2 Å². The van der Waals surface area contributed by atoms with Gasteiger partial charge in [0.25, 0.3) is 0 Å². The fraction of sp³-hybridized carbons (Fsp3) is 0.714. The molecule has 20 heavy (non-hydrogen) atoms. The van der Waals surface area contributed by atoms with Gasteiger partial charge in [-0.3, -0.25) is 4.79 Å². The zero-order valence-electron chi connectivity index (χ0n) is 11.8. The standard InChI is InChI=1S/C14H22N2O2S2/c1-10-11(20-13(19)16-10)7-12(18)15-8-14(9-17)5-3-2-4-6-14/h17H,2-9H2,1H3,(H,15,18)(H,16,19). The summed E-state index contributed by atoms with van der Waals surface area (Å²) in [5.74, 6) is 0.0109. The SMILES string of the molecule is Cc1[nH]c(=S)sc1CC(=O)NCC1(CO)CCCCC1. The molecule has 4 nitrogen and oxygen atoms in total. The van der Waals surface area contributed by atoms with Gasteiger partial charge >= 0.3 is 0 Å². The van der Waals surface area contributed by atoms with E-state index in [1.807, 2.05) is 6.92 Å². The molecule has 0 aliphatic heterocycles. The molecule has 1 saturated carbocycles. The molecule has 0 saturated heterocycles. The number of hydrogen-bond acceptors (Lipinski definition) is 4. The second kappa shape index (κ2) is 6.83. The van der Waals surface area contributed by atoms with Crippen molar-refractivity contribution < 1.29 is 9.90 Å². The minimum Gasteiger partial charge on any atom is -0.396 e. The summed E-state index contributed by atoms with van der Waals surface area (Å²) >= 11 is 6.53. The molecule has 1 amide bonds. The zero-order valence-corrected chi connectivity index (χ0v) is 13.5. The molecule has 1 heterocycles. The second-order valence-electron chi connectivity index (χ2n) is 5.73. The van der Waals surface area contributed by atoms with Gasteiger partial charge in [0, 0.05) is 22.5 Å². The van der Waals surface area contributed by atoms with Gasteiger partial charge in [0.1, 0.15) is 0 Å². The second-order valence-corrected chi connectivity index (χ2v) is 7.51. The van der Waals surface area contributed by atoms with Crippen LogP contribution in [0.25, 0.3) is 0 Å². The minimum absolute atomic E-state index is 0.0109. The Balaban J connectivity index is 1.88. The summed E-state index contributed by atoms with van der Waals surface area (Å²) in [7, 11) is 0. The lowest BCUT2D eigenvalue weighted by Gasteiger charge is -2.35. The number of aliphatic hydroxyl groups excluding tert-OH is 1. The predicted octanol–water partition coefficient (Wildman–Crippen LogP) is 2.72. The fourth-order valence-corrected chi connectivity index (χ4v) is 4.08. The molecule has 0 bridgehead atoms. The minimum atomic E-state index is -0.103. The van der Waals surface area contributed by atoms with E-state index in [9.17, 15) is 9.90 Å². The number of H-pyrrole nitrogens is 1. The summed E-state index contributed by atoms with van der Waals surface area (Å²) in [6.45, 7) is 2.68. The molecule has 1 aromatic heterocycles. The van der Waals surface area contributed by atoms with Crippen molar-refractivity contribution in [3.63, 3.8) is 0 Å². The largest absolute Gasteiger partial charge is 0.396 e. The summed E-state index contributed by atoms with van der Waals surface area (Å²) in [5.41, 5.74) is 0.873. The first-order valence-electron chi connectivity index (χ1n) is 7.11. The summed E-state index contributed by atoms with van der Waals surface area (Å²) in [5, 5.41) is 12.6. The van der Waals surface area contributed by atoms with Crippen LogP contribution in [0, 0.1) is 16.3 Å². The van der Waals surface area contributed by atoms with E-state index in [-0.39, 0.29) is 17.9 Å². The Morgan fingerprint density at radius 1 is 1.45 bits per heavy atom. The number of aliphatic hydroxyl groups is 1. The highest BCUT2D eigenvalue weighted by molar-refractivity contribution is 7.73. The van der Waals surface area contributed by atoms with Gasteiger partial charge < -0.3 is 15.4 Å². The average molecular weight is 314 g/mol. The number of aromatic amines is 1. The third kappa shape index (κ3) is 3.90. The number of nitrogens with one attached hydrogen (secondary N) is 2. The van der Waals surface area contributed by atoms with Crippen molar-refractivity contribution in [2.45, 2.75) is 45.4 Å². The van der Waals surface area contributed by atoms with Crippen LogP contribution in [-0.2, 0) is 11.2 Å². The van der Waals surface area contributed by atoms with Gasteiger partial charge in [-0.1, -0.05) is 19.3 Å². The molecule has 6 heteroatoms. The molecule has 1 fully saturated rings. The molecule has 0 spiro atoms. The lowest BCUT2D eigenvalue weighted by atomic mass is 9.74. The number of rotatable bonds is 5. The Morgan fingerprint density at radius 3 is 2.70 bits per heavy atom. The van der Waals surface area contributed by atoms with Crippen molar-refractivity contribution in [3.05, 3.63) is 14.5 Å². The highest BCUT2D eigenvalue weighted by Gasteiger charge is 2.31. The van der Waals surface area contributed by atoms with Gasteiger partial charge in [0.2, 0.25) is 5.91 Å². The van der Waals surface area contributed by atoms with Crippen LogP contribution in [0.1, 0.15) is 42.7 Å². The Labute approximate surface area is 128 Å². The number of carbonyl (C=O) groups is 1. The Kier molecular flexibility index (Phi) is 5.35. The van der Waals surface area contributed by atoms with E-state index >= 15 is 0 Å². The van der Waals surface area contributed by atoms with Crippen LogP contribution in [0.5, 0.6) is 0 Å². The molecule has 3 N–H and O–H groups in total. The van der Waals surface area contributed by atoms with E-state index in [1.165, 1.54) is 17.8 Å². The van der Waals surface area contributed by atoms with Crippen LogP contribution in [0.2, 0.25) is 0 Å². The average Bonchev–Trinajstić information content (AvgIpc) is 2.76. The summed E-state index contributed by atoms with van der Waals surface area (Å²) in [6, 6.07) is 0. The lowest BCUT2D eigenvalue weighted by molar-refractivity contribution is -0.121. The Bertz CT molecular complexity index is 515. The molecular weight excluding hydrogens is 292 g/mol. The summed E-state index contributed by atoms with van der Waals surface area (Å²) in [4.78, 5) is 16.1. The van der Waals surface area contributed by atoms with Gasteiger partial charge in [-0.05, 0) is 32.0 Å². The third-order valence-electron chi connectivity index (χ3n) is 4.16. The molecular formula is C14H22N2O2S2. The zero-order chi connectivity index (χ0) is 14.6. The highest BCUT2D eigenvalue weighted by atomic mass is 32.1. The van der Waals surface area contributed by atoms with E-state index < -0.39 is 0 Å². The van der Waals surface area contributed by atoms with Crippen molar-refractivity contribution in [2.24, 2.45) is 5.41 Å². The number of hydrogen-bond donors (Lipinski definition) is 3. The quantitative estimate of drug-likeness (QED) is 0.732. The van der Waals surface area contributed by atoms with Gasteiger partial charge in [0.05, 0.1) is 13.0 Å². The van der Waals surface area contributed by atoms with Crippen molar-refractivity contribution >= 4 is 29.5 Å². The Hall–Kier alpha value is -0.720. The van der Waals surface area contributed by atoms with E-state index in [0.717, 1.165) is 36.3 Å². The van der Waals surface area contributed by atoms with Gasteiger partial charge in [0.15, 0.2) is 3.95 Å². The van der Waals surface area contributed by atoms with Crippen LogP contribution < -0.4 is 5.32 Å². The molecule has 1 aliphatic rings. The number of amides is 1. The first kappa shape index (κ1) is 15.7. The molecule has 0 radical (unpaired) electrons. The van der Waals surface area contributed by atoms with E-state index in [0.29, 0.717) is 16.9 Å². The molecule has 0 atom stereocenters. The number of thiazole rings is 1. The lowest BCUT2D eigenvalue weighted by Crippen LogP contribution is -2.41. The first-order chi connectivity index (χ1) is 9.54. The van der Waals surface area contributed by atoms with Crippen molar-refractivity contribution in [2.75, 3.05) is 13.2 Å². The van der Waals surface area contributed by atoms with E-state index in [2.05, 4.69) is 10.3 Å². The number of aryl methyl sites for hydroxylation is 1. The third-order valence-corrected chi connectivity index (χ3v) is 5.49. The molecule has 0 aromatic carbocycles. The molecule has 1 aliphatic carbocycles. The van der Waals surface area contributed by atoms with Crippen LogP contribution >= 0.6 is 23.6 Å². The number of aromatic nitrogens is 1. The molecule has 0 unspecified atom stereocenters.